The van der Waals surface area contributed by atoms with Crippen molar-refractivity contribution >= 4 is 22.5 Å². The molecular formula is C19H17FN2O3. The summed E-state index contributed by atoms with van der Waals surface area (Å²) in [5, 5.41) is 2.94. The second kappa shape index (κ2) is 6.76. The van der Waals surface area contributed by atoms with E-state index in [4.69, 9.17) is 4.74 Å². The van der Waals surface area contributed by atoms with Crippen LogP contribution in [0.5, 0.6) is 5.75 Å². The van der Waals surface area contributed by atoms with E-state index in [1.54, 1.807) is 35.9 Å². The van der Waals surface area contributed by atoms with Gasteiger partial charge in [-0.3, -0.25) is 9.59 Å². The molecule has 1 aromatic heterocycles. The lowest BCUT2D eigenvalue weighted by atomic mass is 10.1. The van der Waals surface area contributed by atoms with Gasteiger partial charge in [-0.15, -0.1) is 0 Å². The van der Waals surface area contributed by atoms with Crippen LogP contribution < -0.4 is 15.5 Å². The van der Waals surface area contributed by atoms with Gasteiger partial charge >= 0.3 is 0 Å². The lowest BCUT2D eigenvalue weighted by molar-refractivity contribution is 0.102. The summed E-state index contributed by atoms with van der Waals surface area (Å²) in [6.45, 7) is 2.33. The van der Waals surface area contributed by atoms with Gasteiger partial charge in [-0.05, 0) is 43.3 Å². The van der Waals surface area contributed by atoms with E-state index in [9.17, 15) is 14.0 Å². The molecule has 0 atom stereocenters. The predicted octanol–water partition coefficient (Wildman–Crippen LogP) is 3.33. The maximum Gasteiger partial charge on any atom is 0.261 e. The van der Waals surface area contributed by atoms with E-state index < -0.39 is 17.2 Å². The third-order valence-corrected chi connectivity index (χ3v) is 3.80. The molecule has 0 saturated heterocycles. The van der Waals surface area contributed by atoms with Gasteiger partial charge in [0.1, 0.15) is 17.1 Å². The molecule has 1 amide bonds. The van der Waals surface area contributed by atoms with E-state index in [0.29, 0.717) is 23.3 Å². The first-order valence-electron chi connectivity index (χ1n) is 7.82. The summed E-state index contributed by atoms with van der Waals surface area (Å²) in [5.41, 5.74) is 0.558. The Balaban J connectivity index is 2.05. The molecule has 1 N–H and O–H groups in total. The summed E-state index contributed by atoms with van der Waals surface area (Å²) < 4.78 is 20.4. The van der Waals surface area contributed by atoms with Gasteiger partial charge in [0, 0.05) is 18.9 Å². The number of anilines is 1. The molecule has 3 aromatic rings. The number of ether oxygens (including phenoxy) is 1. The number of amides is 1. The van der Waals surface area contributed by atoms with Crippen molar-refractivity contribution in [3.05, 3.63) is 70.3 Å². The molecule has 3 rings (SSSR count). The van der Waals surface area contributed by atoms with E-state index in [2.05, 4.69) is 5.32 Å². The standard InChI is InChI=1S/C19H17FN2O3/c1-3-25-14-7-8-17-15(10-14)18(23)16(11-22(17)2)19(24)21-13-6-4-5-12(20)9-13/h4-11H,3H2,1-2H3,(H,21,24). The second-order valence-corrected chi connectivity index (χ2v) is 5.56. The summed E-state index contributed by atoms with van der Waals surface area (Å²) in [5.74, 6) is -0.490. The largest absolute Gasteiger partial charge is 0.494 e. The summed E-state index contributed by atoms with van der Waals surface area (Å²) in [7, 11) is 1.75. The van der Waals surface area contributed by atoms with Crippen LogP contribution >= 0.6 is 0 Å². The van der Waals surface area contributed by atoms with Crippen molar-refractivity contribution in [3.63, 3.8) is 0 Å². The number of benzene rings is 2. The number of carbonyl (C=O) groups excluding carboxylic acids is 1. The number of hydrogen-bond acceptors (Lipinski definition) is 3. The Morgan fingerprint density at radius 1 is 1.24 bits per heavy atom. The number of nitrogens with one attached hydrogen (secondary N) is 1. The topological polar surface area (TPSA) is 60.3 Å². The van der Waals surface area contributed by atoms with Crippen LogP contribution in [0.2, 0.25) is 0 Å². The molecule has 0 spiro atoms. The zero-order valence-electron chi connectivity index (χ0n) is 13.9. The fourth-order valence-corrected chi connectivity index (χ4v) is 2.65. The monoisotopic (exact) mass is 340 g/mol. The quantitative estimate of drug-likeness (QED) is 0.792. The number of hydrogen-bond donors (Lipinski definition) is 1. The molecule has 1 heterocycles. The average molecular weight is 340 g/mol. The minimum absolute atomic E-state index is 0.0205. The van der Waals surface area contributed by atoms with Gasteiger partial charge in [0.25, 0.3) is 5.91 Å². The van der Waals surface area contributed by atoms with E-state index in [-0.39, 0.29) is 11.3 Å². The first-order chi connectivity index (χ1) is 12.0. The smallest absolute Gasteiger partial charge is 0.261 e. The maximum absolute atomic E-state index is 13.3. The first-order valence-corrected chi connectivity index (χ1v) is 7.82. The predicted molar refractivity (Wildman–Crippen MR) is 94.7 cm³/mol. The second-order valence-electron chi connectivity index (χ2n) is 5.56. The lowest BCUT2D eigenvalue weighted by Crippen LogP contribution is -2.23. The molecule has 0 fully saturated rings. The van der Waals surface area contributed by atoms with Crippen molar-refractivity contribution < 1.29 is 13.9 Å². The van der Waals surface area contributed by atoms with E-state index in [1.807, 2.05) is 6.92 Å². The molecular weight excluding hydrogens is 323 g/mol. The van der Waals surface area contributed by atoms with Gasteiger partial charge in [0.2, 0.25) is 5.43 Å². The fraction of sp³-hybridized carbons (Fsp3) is 0.158. The first kappa shape index (κ1) is 16.7. The highest BCUT2D eigenvalue weighted by atomic mass is 19.1. The number of halogens is 1. The SMILES string of the molecule is CCOc1ccc2c(c1)c(=O)c(C(=O)Nc1cccc(F)c1)cn2C. The molecule has 0 aliphatic carbocycles. The number of fused-ring (bicyclic) bond motifs is 1. The highest BCUT2D eigenvalue weighted by molar-refractivity contribution is 6.05. The molecule has 0 bridgehead atoms. The molecule has 2 aromatic carbocycles. The van der Waals surface area contributed by atoms with Gasteiger partial charge in [-0.1, -0.05) is 6.07 Å². The molecule has 25 heavy (non-hydrogen) atoms. The van der Waals surface area contributed by atoms with E-state index >= 15 is 0 Å². The normalized spacial score (nSPS) is 10.7. The third-order valence-electron chi connectivity index (χ3n) is 3.80. The Hall–Kier alpha value is -3.15. The highest BCUT2D eigenvalue weighted by Gasteiger charge is 2.15. The van der Waals surface area contributed by atoms with Crippen molar-refractivity contribution in [2.24, 2.45) is 7.05 Å². The minimum atomic E-state index is -0.588. The lowest BCUT2D eigenvalue weighted by Gasteiger charge is -2.11. The van der Waals surface area contributed by atoms with Gasteiger partial charge in [-0.2, -0.15) is 0 Å². The number of nitrogens with zero attached hydrogens (tertiary/aromatic N) is 1. The molecule has 5 nitrogen and oxygen atoms in total. The van der Waals surface area contributed by atoms with Crippen LogP contribution in [0.25, 0.3) is 10.9 Å². The van der Waals surface area contributed by atoms with Crippen LogP contribution in [0, 0.1) is 5.82 Å². The Labute approximate surface area is 143 Å². The number of aryl methyl sites for hydroxylation is 1. The van der Waals surface area contributed by atoms with Crippen molar-refractivity contribution in [1.82, 2.24) is 4.57 Å². The summed E-state index contributed by atoms with van der Waals surface area (Å²) in [6.07, 6.45) is 1.47. The number of rotatable bonds is 4. The van der Waals surface area contributed by atoms with Crippen molar-refractivity contribution in [2.45, 2.75) is 6.92 Å². The molecule has 0 radical (unpaired) electrons. The molecule has 0 unspecified atom stereocenters. The van der Waals surface area contributed by atoms with Crippen LogP contribution in [-0.2, 0) is 7.05 Å². The molecule has 0 saturated carbocycles. The maximum atomic E-state index is 13.3. The van der Waals surface area contributed by atoms with Crippen LogP contribution in [0.3, 0.4) is 0 Å². The van der Waals surface area contributed by atoms with Crippen molar-refractivity contribution in [1.29, 1.82) is 0 Å². The average Bonchev–Trinajstić information content (AvgIpc) is 2.58. The molecule has 6 heteroatoms. The fourth-order valence-electron chi connectivity index (χ4n) is 2.65. The van der Waals surface area contributed by atoms with E-state index in [0.717, 1.165) is 0 Å². The highest BCUT2D eigenvalue weighted by Crippen LogP contribution is 2.19. The molecule has 0 aliphatic rings. The number of carbonyl (C=O) groups is 1. The summed E-state index contributed by atoms with van der Waals surface area (Å²) in [6, 6.07) is 10.7. The number of aromatic nitrogens is 1. The van der Waals surface area contributed by atoms with Crippen LogP contribution in [0.15, 0.2) is 53.5 Å². The van der Waals surface area contributed by atoms with Gasteiger partial charge in [-0.25, -0.2) is 4.39 Å². The zero-order valence-corrected chi connectivity index (χ0v) is 13.9. The van der Waals surface area contributed by atoms with Gasteiger partial charge < -0.3 is 14.6 Å². The minimum Gasteiger partial charge on any atom is -0.494 e. The Morgan fingerprint density at radius 2 is 2.04 bits per heavy atom. The molecule has 128 valence electrons. The van der Waals surface area contributed by atoms with Crippen molar-refractivity contribution in [2.75, 3.05) is 11.9 Å². The summed E-state index contributed by atoms with van der Waals surface area (Å²) >= 11 is 0. The third kappa shape index (κ3) is 3.38. The number of pyridine rings is 1. The van der Waals surface area contributed by atoms with E-state index in [1.165, 1.54) is 24.4 Å². The van der Waals surface area contributed by atoms with Gasteiger partial charge in [0.15, 0.2) is 0 Å². The van der Waals surface area contributed by atoms with Crippen LogP contribution in [0.1, 0.15) is 17.3 Å². The van der Waals surface area contributed by atoms with Gasteiger partial charge in [0.05, 0.1) is 17.5 Å². The zero-order chi connectivity index (χ0) is 18.0. The summed E-state index contributed by atoms with van der Waals surface area (Å²) in [4.78, 5) is 25.2. The van der Waals surface area contributed by atoms with Crippen molar-refractivity contribution in [3.8, 4) is 5.75 Å². The van der Waals surface area contributed by atoms with Crippen LogP contribution in [0.4, 0.5) is 10.1 Å². The Kier molecular flexibility index (Phi) is 4.52. The Morgan fingerprint density at radius 3 is 2.76 bits per heavy atom. The molecule has 0 aliphatic heterocycles. The Bertz CT molecular complexity index is 1010. The van der Waals surface area contributed by atoms with Crippen LogP contribution in [-0.4, -0.2) is 17.1 Å².